The van der Waals surface area contributed by atoms with Gasteiger partial charge in [0.1, 0.15) is 45.0 Å². The van der Waals surface area contributed by atoms with Gasteiger partial charge in [-0.3, -0.25) is 19.2 Å². The zero-order valence-electron chi connectivity index (χ0n) is 43.4. The minimum Gasteiger partial charge on any atom is -0.454 e. The Morgan fingerprint density at radius 1 is 0.382 bits per heavy atom. The largest absolute Gasteiger partial charge is 0.454 e. The van der Waals surface area contributed by atoms with Gasteiger partial charge in [0.25, 0.3) is 23.6 Å². The molecule has 0 spiro atoms. The van der Waals surface area contributed by atoms with E-state index in [2.05, 4.69) is 0 Å². The maximum Gasteiger partial charge on any atom is 0.422 e. The molecule has 20 heteroatoms. The van der Waals surface area contributed by atoms with E-state index in [1.165, 1.54) is 0 Å². The van der Waals surface area contributed by atoms with E-state index < -0.39 is 70.4 Å². The summed E-state index contributed by atoms with van der Waals surface area (Å²) >= 11 is 2.14. The number of thiophene rings is 2. The van der Waals surface area contributed by atoms with Crippen molar-refractivity contribution >= 4 is 115 Å². The van der Waals surface area contributed by atoms with Crippen molar-refractivity contribution in [2.45, 2.75) is 105 Å². The number of carbonyl (C=O) groups is 8. The number of furan rings is 2. The van der Waals surface area contributed by atoms with E-state index in [1.807, 2.05) is 0 Å². The second kappa shape index (κ2) is 17.6. The lowest BCUT2D eigenvalue weighted by Crippen LogP contribution is -2.40. The van der Waals surface area contributed by atoms with Crippen LogP contribution >= 0.6 is 22.7 Å². The van der Waals surface area contributed by atoms with Crippen LogP contribution in [0.4, 0.5) is 19.2 Å². The lowest BCUT2D eigenvalue weighted by molar-refractivity contribution is -0.123. The highest BCUT2D eigenvalue weighted by atomic mass is 32.1. The van der Waals surface area contributed by atoms with Gasteiger partial charge < -0.3 is 27.8 Å². The van der Waals surface area contributed by atoms with Gasteiger partial charge in [0.05, 0.1) is 43.4 Å². The van der Waals surface area contributed by atoms with Crippen molar-refractivity contribution < 1.29 is 66.1 Å². The molecule has 0 saturated heterocycles. The van der Waals surface area contributed by atoms with Crippen LogP contribution in [0.1, 0.15) is 104 Å². The maximum atomic E-state index is 14.9. The smallest absolute Gasteiger partial charge is 0.422 e. The molecule has 4 aliphatic rings. The number of para-hydroxylation sites is 2. The van der Waals surface area contributed by atoms with Crippen LogP contribution in [0.5, 0.6) is 0 Å². The van der Waals surface area contributed by atoms with E-state index >= 15 is 0 Å². The highest BCUT2D eigenvalue weighted by molar-refractivity contribution is 7.23. The summed E-state index contributed by atoms with van der Waals surface area (Å²) in [6.45, 7) is 19.5. The summed E-state index contributed by atoms with van der Waals surface area (Å²) in [5, 5.41) is 1.22. The Bertz CT molecular complexity index is 3420. The Labute approximate surface area is 443 Å². The third kappa shape index (κ3) is 8.89. The maximum absolute atomic E-state index is 14.9. The van der Waals surface area contributed by atoms with Gasteiger partial charge in [0, 0.05) is 20.5 Å². The van der Waals surface area contributed by atoms with Gasteiger partial charge in [-0.15, -0.1) is 22.7 Å². The van der Waals surface area contributed by atoms with Crippen molar-refractivity contribution in [3.63, 3.8) is 0 Å². The predicted molar refractivity (Wildman–Crippen MR) is 280 cm³/mol. The van der Waals surface area contributed by atoms with Gasteiger partial charge in [0.2, 0.25) is 0 Å². The molecular formula is C56H50N4O14S2. The molecule has 0 unspecified atom stereocenters. The van der Waals surface area contributed by atoms with Gasteiger partial charge in [-0.1, -0.05) is 36.4 Å². The first kappa shape index (κ1) is 51.1. The van der Waals surface area contributed by atoms with Crippen molar-refractivity contribution in [1.29, 1.82) is 0 Å². The molecule has 0 bridgehead atoms. The van der Waals surface area contributed by atoms with Gasteiger partial charge in [-0.2, -0.15) is 0 Å². The van der Waals surface area contributed by atoms with E-state index in [0.29, 0.717) is 31.7 Å². The molecular weight excluding hydrogens is 1020 g/mol. The van der Waals surface area contributed by atoms with Crippen LogP contribution < -0.4 is 0 Å². The van der Waals surface area contributed by atoms with Gasteiger partial charge in [-0.05, 0) is 132 Å². The molecule has 0 fully saturated rings. The van der Waals surface area contributed by atoms with E-state index in [9.17, 15) is 38.4 Å². The molecule has 4 aliphatic heterocycles. The van der Waals surface area contributed by atoms with Crippen LogP contribution in [-0.2, 0) is 38.1 Å². The third-order valence-corrected chi connectivity index (χ3v) is 13.9. The first-order valence-corrected chi connectivity index (χ1v) is 25.6. The number of rotatable bonds is 5. The lowest BCUT2D eigenvalue weighted by Gasteiger charge is -2.27. The molecule has 0 N–H and O–H groups in total. The third-order valence-electron chi connectivity index (χ3n) is 11.6. The zero-order chi connectivity index (χ0) is 54.9. The van der Waals surface area contributed by atoms with E-state index in [4.69, 9.17) is 27.8 Å². The van der Waals surface area contributed by atoms with Crippen LogP contribution in [0, 0.1) is 0 Å². The van der Waals surface area contributed by atoms with E-state index in [0.717, 1.165) is 42.3 Å². The first-order chi connectivity index (χ1) is 35.5. The normalized spacial score (nSPS) is 16.4. The van der Waals surface area contributed by atoms with E-state index in [-0.39, 0.29) is 66.4 Å². The molecule has 6 aromatic rings. The summed E-state index contributed by atoms with van der Waals surface area (Å²) < 4.78 is 35.3. The highest BCUT2D eigenvalue weighted by Crippen LogP contribution is 2.53. The Morgan fingerprint density at radius 2 is 0.645 bits per heavy atom. The van der Waals surface area contributed by atoms with Gasteiger partial charge >= 0.3 is 24.4 Å². The number of ether oxygens (including phenoxy) is 4. The number of amides is 8. The van der Waals surface area contributed by atoms with Crippen molar-refractivity contribution in [2.75, 3.05) is 0 Å². The Morgan fingerprint density at radius 3 is 0.934 bits per heavy atom. The topological polar surface area (TPSA) is 213 Å². The van der Waals surface area contributed by atoms with Crippen molar-refractivity contribution in [1.82, 2.24) is 19.6 Å². The van der Waals surface area contributed by atoms with Gasteiger partial charge in [-0.25, -0.2) is 38.8 Å². The lowest BCUT2D eigenvalue weighted by atomic mass is 10.1. The average molecular weight is 1070 g/mol. The van der Waals surface area contributed by atoms with Crippen molar-refractivity contribution in [3.8, 4) is 9.75 Å². The molecule has 2 aromatic carbocycles. The molecule has 8 amide bonds. The summed E-state index contributed by atoms with van der Waals surface area (Å²) in [6, 6.07) is 23.6. The van der Waals surface area contributed by atoms with Crippen molar-refractivity contribution in [3.05, 3.63) is 128 Å². The SMILES string of the molecule is CC(C)(C)OC(=O)N1C(=O)C2=C(c3ccc(-c4ccc(C5=C6C(=O)N(C(=O)OC(C)(C)C)C(c7cc8ccccc8o7)=C6C(=O)N5C(=O)OC(C)(C)C)s4)s3)N(C(=O)OC(C)(C)C)C(=O)C2=C1c1cc2ccccc2o1. The molecule has 8 heterocycles. The zero-order valence-corrected chi connectivity index (χ0v) is 45.0. The molecule has 4 aromatic heterocycles. The van der Waals surface area contributed by atoms with Crippen LogP contribution in [0.15, 0.2) is 116 Å². The number of nitrogens with zero attached hydrogens (tertiary/aromatic N) is 4. The number of carbonyl (C=O) groups excluding carboxylic acids is 8. The molecule has 0 aliphatic carbocycles. The monoisotopic (exact) mass is 1070 g/mol. The molecule has 390 valence electrons. The number of hydrogen-bond acceptors (Lipinski definition) is 16. The second-order valence-corrected chi connectivity index (χ2v) is 24.2. The Kier molecular flexibility index (Phi) is 11.9. The molecule has 10 rings (SSSR count). The van der Waals surface area contributed by atoms with Gasteiger partial charge in [0.15, 0.2) is 11.5 Å². The Hall–Kier alpha value is -8.36. The first-order valence-electron chi connectivity index (χ1n) is 24.0. The molecule has 0 saturated carbocycles. The summed E-state index contributed by atoms with van der Waals surface area (Å²) in [6.07, 6.45) is -4.36. The number of fused-ring (bicyclic) bond motifs is 4. The Balaban J connectivity index is 1.13. The molecule has 76 heavy (non-hydrogen) atoms. The fourth-order valence-corrected chi connectivity index (χ4v) is 11.0. The molecule has 18 nitrogen and oxygen atoms in total. The van der Waals surface area contributed by atoms with Crippen LogP contribution in [0.25, 0.3) is 54.5 Å². The average Bonchev–Trinajstić information content (AvgIpc) is 4.22. The number of hydrogen-bond donors (Lipinski definition) is 0. The van der Waals surface area contributed by atoms with Crippen LogP contribution in [-0.4, -0.2) is 90.0 Å². The fraction of sp³-hybridized carbons (Fsp3) is 0.286. The second-order valence-electron chi connectivity index (χ2n) is 22.0. The number of benzene rings is 2. The minimum atomic E-state index is -1.10. The summed E-state index contributed by atoms with van der Waals surface area (Å²) in [7, 11) is 0. The minimum absolute atomic E-state index is 0.0130. The highest BCUT2D eigenvalue weighted by Gasteiger charge is 2.57. The standard InChI is InChI=1S/C56H50N4O14S2/c1-53(2,3)71-49(65)57-41(31-25-27-17-13-15-19-29(27)69-31)37-39(47(57)63)43(59(45(37)61)51(67)73-55(7,8)9)35-23-21-33(75-35)34-22-24-36(76-34)44-40-38(46(62)60(44)52(68)74-56(10,11)12)42(32-26-28-18-14-16-20-30(28)70-32)58(48(40)64)50(66)72-54(4,5)6/h13-26H,1-12H3. The molecule has 0 radical (unpaired) electrons. The number of imide groups is 4. The van der Waals surface area contributed by atoms with Crippen LogP contribution in [0.2, 0.25) is 0 Å². The van der Waals surface area contributed by atoms with Crippen molar-refractivity contribution in [2.24, 2.45) is 0 Å². The predicted octanol–water partition coefficient (Wildman–Crippen LogP) is 12.3. The fourth-order valence-electron chi connectivity index (χ4n) is 8.86. The summed E-state index contributed by atoms with van der Waals surface area (Å²) in [5.41, 5.74) is -5.48. The van der Waals surface area contributed by atoms with E-state index in [1.54, 1.807) is 168 Å². The molecule has 0 atom stereocenters. The quantitative estimate of drug-likeness (QED) is 0.147. The summed E-state index contributed by atoms with van der Waals surface area (Å²) in [4.78, 5) is 121. The summed E-state index contributed by atoms with van der Waals surface area (Å²) in [5.74, 6) is -3.87. The van der Waals surface area contributed by atoms with Crippen LogP contribution in [0.3, 0.4) is 0 Å².